The zero-order valence-electron chi connectivity index (χ0n) is 12.0. The summed E-state index contributed by atoms with van der Waals surface area (Å²) in [6.45, 7) is 4.01. The molecule has 108 valence electrons. The summed E-state index contributed by atoms with van der Waals surface area (Å²) < 4.78 is 2.28. The topological polar surface area (TPSA) is 29.9 Å². The summed E-state index contributed by atoms with van der Waals surface area (Å²) in [7, 11) is 0. The van der Waals surface area contributed by atoms with E-state index in [-0.39, 0.29) is 0 Å². The summed E-state index contributed by atoms with van der Waals surface area (Å²) >= 11 is 6.36. The highest BCUT2D eigenvalue weighted by molar-refractivity contribution is 6.35. The minimum Gasteiger partial charge on any atom is -0.326 e. The van der Waals surface area contributed by atoms with Crippen LogP contribution in [-0.4, -0.2) is 15.6 Å². The molecular formula is C16H22ClN3. The maximum absolute atomic E-state index is 6.36. The van der Waals surface area contributed by atoms with Crippen molar-refractivity contribution in [3.63, 3.8) is 0 Å². The van der Waals surface area contributed by atoms with Gasteiger partial charge >= 0.3 is 0 Å². The first-order valence-corrected chi connectivity index (χ1v) is 8.04. The standard InChI is InChI=1S/C16H22ClN3/c1-2-10-20-15(11-18-12-6-3-4-7-12)19-14-9-5-8-13(17)16(14)20/h5,8-9,12,18H,2-4,6-7,10-11H2,1H3. The van der Waals surface area contributed by atoms with Gasteiger partial charge in [0.05, 0.1) is 22.6 Å². The van der Waals surface area contributed by atoms with Crippen LogP contribution >= 0.6 is 11.6 Å². The van der Waals surface area contributed by atoms with Gasteiger partial charge in [0.1, 0.15) is 5.82 Å². The molecule has 0 unspecified atom stereocenters. The fraction of sp³-hybridized carbons (Fsp3) is 0.562. The van der Waals surface area contributed by atoms with E-state index in [0.717, 1.165) is 41.4 Å². The predicted octanol–water partition coefficient (Wildman–Crippen LogP) is 4.13. The second kappa shape index (κ2) is 6.15. The number of nitrogens with zero attached hydrogens (tertiary/aromatic N) is 2. The first-order chi connectivity index (χ1) is 9.79. The van der Waals surface area contributed by atoms with Crippen LogP contribution < -0.4 is 5.32 Å². The third kappa shape index (κ3) is 2.70. The minimum absolute atomic E-state index is 0.667. The van der Waals surface area contributed by atoms with Crippen molar-refractivity contribution in [3.05, 3.63) is 29.0 Å². The normalized spacial score (nSPS) is 16.3. The van der Waals surface area contributed by atoms with Gasteiger partial charge in [-0.05, 0) is 31.4 Å². The Hall–Kier alpha value is -1.06. The molecule has 0 aliphatic heterocycles. The molecule has 0 atom stereocenters. The number of rotatable bonds is 5. The molecule has 4 heteroatoms. The van der Waals surface area contributed by atoms with Crippen molar-refractivity contribution in [3.8, 4) is 0 Å². The molecule has 1 N–H and O–H groups in total. The maximum atomic E-state index is 6.36. The zero-order valence-corrected chi connectivity index (χ0v) is 12.8. The molecule has 1 aromatic carbocycles. The predicted molar refractivity (Wildman–Crippen MR) is 84.1 cm³/mol. The molecule has 0 bridgehead atoms. The molecule has 0 amide bonds. The lowest BCUT2D eigenvalue weighted by Crippen LogP contribution is -2.27. The second-order valence-electron chi connectivity index (χ2n) is 5.65. The van der Waals surface area contributed by atoms with Gasteiger partial charge in [0.25, 0.3) is 0 Å². The molecule has 1 aromatic heterocycles. The van der Waals surface area contributed by atoms with Crippen LogP contribution in [0.25, 0.3) is 11.0 Å². The van der Waals surface area contributed by atoms with Gasteiger partial charge in [-0.2, -0.15) is 0 Å². The number of aryl methyl sites for hydroxylation is 1. The molecule has 1 fully saturated rings. The van der Waals surface area contributed by atoms with Crippen LogP contribution in [-0.2, 0) is 13.1 Å². The third-order valence-electron chi connectivity index (χ3n) is 4.15. The SMILES string of the molecule is CCCn1c(CNC2CCCC2)nc2cccc(Cl)c21. The molecule has 20 heavy (non-hydrogen) atoms. The Kier molecular flexibility index (Phi) is 4.27. The van der Waals surface area contributed by atoms with Crippen molar-refractivity contribution < 1.29 is 0 Å². The molecule has 1 aliphatic rings. The largest absolute Gasteiger partial charge is 0.326 e. The van der Waals surface area contributed by atoms with Crippen molar-refractivity contribution in [2.75, 3.05) is 0 Å². The molecule has 1 saturated carbocycles. The Morgan fingerprint density at radius 1 is 1.35 bits per heavy atom. The smallest absolute Gasteiger partial charge is 0.123 e. The Bertz CT molecular complexity index is 585. The summed E-state index contributed by atoms with van der Waals surface area (Å²) in [4.78, 5) is 4.77. The van der Waals surface area contributed by atoms with Crippen LogP contribution in [0, 0.1) is 0 Å². The highest BCUT2D eigenvalue weighted by Crippen LogP contribution is 2.25. The van der Waals surface area contributed by atoms with Gasteiger partial charge in [0, 0.05) is 12.6 Å². The fourth-order valence-corrected chi connectivity index (χ4v) is 3.43. The van der Waals surface area contributed by atoms with E-state index in [1.807, 2.05) is 18.2 Å². The van der Waals surface area contributed by atoms with Crippen LogP contribution in [0.4, 0.5) is 0 Å². The molecule has 1 heterocycles. The van der Waals surface area contributed by atoms with Crippen LogP contribution in [0.15, 0.2) is 18.2 Å². The zero-order chi connectivity index (χ0) is 13.9. The molecule has 1 aliphatic carbocycles. The van der Waals surface area contributed by atoms with Crippen molar-refractivity contribution in [1.82, 2.24) is 14.9 Å². The molecule has 0 radical (unpaired) electrons. The summed E-state index contributed by atoms with van der Waals surface area (Å²) in [5.41, 5.74) is 2.09. The van der Waals surface area contributed by atoms with Crippen molar-refractivity contribution >= 4 is 22.6 Å². The van der Waals surface area contributed by atoms with E-state index in [0.29, 0.717) is 6.04 Å². The molecule has 0 spiro atoms. The van der Waals surface area contributed by atoms with E-state index in [9.17, 15) is 0 Å². The Balaban J connectivity index is 1.88. The summed E-state index contributed by atoms with van der Waals surface area (Å²) in [6.07, 6.45) is 6.40. The Labute approximate surface area is 125 Å². The maximum Gasteiger partial charge on any atom is 0.123 e. The van der Waals surface area contributed by atoms with Gasteiger partial charge in [-0.3, -0.25) is 0 Å². The number of nitrogens with one attached hydrogen (secondary N) is 1. The summed E-state index contributed by atoms with van der Waals surface area (Å²) in [6, 6.07) is 6.64. The lowest BCUT2D eigenvalue weighted by Gasteiger charge is -2.13. The van der Waals surface area contributed by atoms with E-state index < -0.39 is 0 Å². The quantitative estimate of drug-likeness (QED) is 0.897. The third-order valence-corrected chi connectivity index (χ3v) is 4.45. The van der Waals surface area contributed by atoms with Crippen LogP contribution in [0.5, 0.6) is 0 Å². The second-order valence-corrected chi connectivity index (χ2v) is 6.06. The van der Waals surface area contributed by atoms with E-state index in [1.165, 1.54) is 25.7 Å². The first kappa shape index (κ1) is 13.9. The molecule has 2 aromatic rings. The van der Waals surface area contributed by atoms with Crippen molar-refractivity contribution in [1.29, 1.82) is 0 Å². The molecule has 3 rings (SSSR count). The van der Waals surface area contributed by atoms with Gasteiger partial charge in [-0.25, -0.2) is 4.98 Å². The first-order valence-electron chi connectivity index (χ1n) is 7.66. The van der Waals surface area contributed by atoms with Gasteiger partial charge in [0.2, 0.25) is 0 Å². The van der Waals surface area contributed by atoms with Gasteiger partial charge < -0.3 is 9.88 Å². The van der Waals surface area contributed by atoms with Crippen molar-refractivity contribution in [2.24, 2.45) is 0 Å². The van der Waals surface area contributed by atoms with Crippen molar-refractivity contribution in [2.45, 2.75) is 58.2 Å². The average Bonchev–Trinajstić information content (AvgIpc) is 3.05. The summed E-state index contributed by atoms with van der Waals surface area (Å²) in [5, 5.41) is 4.45. The monoisotopic (exact) mass is 291 g/mol. The molecular weight excluding hydrogens is 270 g/mol. The number of hydrogen-bond donors (Lipinski definition) is 1. The fourth-order valence-electron chi connectivity index (χ4n) is 3.15. The van der Waals surface area contributed by atoms with E-state index in [1.54, 1.807) is 0 Å². The number of aromatic nitrogens is 2. The Morgan fingerprint density at radius 2 is 2.15 bits per heavy atom. The number of benzene rings is 1. The minimum atomic E-state index is 0.667. The highest BCUT2D eigenvalue weighted by atomic mass is 35.5. The van der Waals surface area contributed by atoms with Crippen LogP contribution in [0.3, 0.4) is 0 Å². The highest BCUT2D eigenvalue weighted by Gasteiger charge is 2.17. The van der Waals surface area contributed by atoms with E-state index in [2.05, 4.69) is 16.8 Å². The van der Waals surface area contributed by atoms with Gasteiger partial charge in [-0.15, -0.1) is 0 Å². The number of hydrogen-bond acceptors (Lipinski definition) is 2. The molecule has 3 nitrogen and oxygen atoms in total. The average molecular weight is 292 g/mol. The number of imidazole rings is 1. The van der Waals surface area contributed by atoms with Crippen LogP contribution in [0.2, 0.25) is 5.02 Å². The lowest BCUT2D eigenvalue weighted by atomic mass is 10.2. The lowest BCUT2D eigenvalue weighted by molar-refractivity contribution is 0.500. The van der Waals surface area contributed by atoms with Gasteiger partial charge in [-0.1, -0.05) is 37.4 Å². The number of para-hydroxylation sites is 1. The van der Waals surface area contributed by atoms with Crippen LogP contribution in [0.1, 0.15) is 44.9 Å². The van der Waals surface area contributed by atoms with E-state index in [4.69, 9.17) is 16.6 Å². The summed E-state index contributed by atoms with van der Waals surface area (Å²) in [5.74, 6) is 1.11. The number of halogens is 1. The van der Waals surface area contributed by atoms with Gasteiger partial charge in [0.15, 0.2) is 0 Å². The number of fused-ring (bicyclic) bond motifs is 1. The van der Waals surface area contributed by atoms with E-state index >= 15 is 0 Å². The Morgan fingerprint density at radius 3 is 2.90 bits per heavy atom. The molecule has 0 saturated heterocycles.